The van der Waals surface area contributed by atoms with Crippen molar-refractivity contribution in [3.63, 3.8) is 0 Å². The fourth-order valence-corrected chi connectivity index (χ4v) is 12.1. The van der Waals surface area contributed by atoms with E-state index in [1.54, 1.807) is 48.5 Å². The van der Waals surface area contributed by atoms with Crippen molar-refractivity contribution >= 4 is 78.1 Å². The molecule has 0 fully saturated rings. The molecule has 0 N–H and O–H groups in total. The van der Waals surface area contributed by atoms with Crippen LogP contribution in [0.15, 0.2) is 72.8 Å². The summed E-state index contributed by atoms with van der Waals surface area (Å²) >= 11 is 0. The summed E-state index contributed by atoms with van der Waals surface area (Å²) in [6.07, 6.45) is 24.5. The average molecular weight is 1140 g/mol. The largest absolute Gasteiger partial charge is 0.489 e. The molecule has 9 rings (SSSR count). The molecule has 12 heteroatoms. The summed E-state index contributed by atoms with van der Waals surface area (Å²) in [6.45, 7) is 15.9. The number of benzene rings is 7. The van der Waals surface area contributed by atoms with Crippen LogP contribution in [-0.2, 0) is 0 Å². The van der Waals surface area contributed by atoms with Crippen molar-refractivity contribution in [3.05, 3.63) is 95.1 Å². The van der Waals surface area contributed by atoms with Crippen molar-refractivity contribution in [2.24, 2.45) is 0 Å². The molecule has 12 nitrogen and oxygen atoms in total. The van der Waals surface area contributed by atoms with E-state index in [0.29, 0.717) is 119 Å². The number of hydrogen-bond donors (Lipinski definition) is 0. The third kappa shape index (κ3) is 13.4. The maximum atomic E-state index is 15.2. The van der Waals surface area contributed by atoms with E-state index >= 15 is 19.2 Å². The average Bonchev–Trinajstić information content (AvgIpc) is 0.790. The van der Waals surface area contributed by atoms with Gasteiger partial charge in [-0.25, -0.2) is 9.80 Å². The Bertz CT molecular complexity index is 2990. The summed E-state index contributed by atoms with van der Waals surface area (Å²) in [4.78, 5) is 63.3. The Balaban J connectivity index is 1.09. The standard InChI is InChI=1S/C72H90N2O10/c1-7-13-19-25-39-79-59-45-49(46-60(80-40-26-20-14-8-2)67(59)83-43-29-23-17-11-5)73-69(75)55-35-31-51-53-33-37-57-66-58(38-34-54(64(53)66)52-32-36-56(70(73)76)65(55)63(51)52)72(78)74(71(57)77)50-47-61(81-41-27-21-15-9-3)68(84-44-30-24-18-12-6)62(48-50)82-42-28-22-16-10-4/h31-38,45-48H,7-30,39-44H2,1-6H3. The number of rotatable bonds is 38. The van der Waals surface area contributed by atoms with Crippen LogP contribution in [0.25, 0.3) is 43.1 Å². The van der Waals surface area contributed by atoms with Crippen molar-refractivity contribution in [3.8, 4) is 34.5 Å². The zero-order valence-corrected chi connectivity index (χ0v) is 51.1. The first-order valence-electron chi connectivity index (χ1n) is 32.3. The minimum absolute atomic E-state index is 0.349. The summed E-state index contributed by atoms with van der Waals surface area (Å²) in [6, 6.07) is 22.0. The summed E-state index contributed by atoms with van der Waals surface area (Å²) in [5, 5.41) is 5.92. The second-order valence-electron chi connectivity index (χ2n) is 23.0. The van der Waals surface area contributed by atoms with E-state index in [9.17, 15) is 0 Å². The lowest BCUT2D eigenvalue weighted by Gasteiger charge is -2.31. The fraction of sp³-hybridized carbons (Fsp3) is 0.500. The number of anilines is 2. The number of nitrogens with zero attached hydrogens (tertiary/aromatic N) is 2. The second kappa shape index (κ2) is 30.1. The molecule has 0 aromatic heterocycles. The summed E-state index contributed by atoms with van der Waals surface area (Å²) in [7, 11) is 0. The highest BCUT2D eigenvalue weighted by Crippen LogP contribution is 2.50. The van der Waals surface area contributed by atoms with Gasteiger partial charge in [-0.3, -0.25) is 19.2 Å². The van der Waals surface area contributed by atoms with Crippen LogP contribution in [0.3, 0.4) is 0 Å². The third-order valence-corrected chi connectivity index (χ3v) is 16.7. The Morgan fingerprint density at radius 3 is 0.726 bits per heavy atom. The number of imide groups is 2. The number of amides is 4. The van der Waals surface area contributed by atoms with Gasteiger partial charge in [0.25, 0.3) is 23.6 Å². The summed E-state index contributed by atoms with van der Waals surface area (Å²) < 4.78 is 39.1. The molecule has 448 valence electrons. The van der Waals surface area contributed by atoms with Crippen molar-refractivity contribution in [1.82, 2.24) is 0 Å². The first-order valence-corrected chi connectivity index (χ1v) is 32.3. The van der Waals surface area contributed by atoms with E-state index < -0.39 is 23.6 Å². The zero-order valence-electron chi connectivity index (χ0n) is 51.1. The van der Waals surface area contributed by atoms with Gasteiger partial charge in [0.05, 0.1) is 51.0 Å². The minimum Gasteiger partial charge on any atom is -0.489 e. The van der Waals surface area contributed by atoms with Gasteiger partial charge in [-0.05, 0) is 95.1 Å². The van der Waals surface area contributed by atoms with Crippen molar-refractivity contribution in [2.75, 3.05) is 49.4 Å². The third-order valence-electron chi connectivity index (χ3n) is 16.7. The molecule has 0 atom stereocenters. The number of fused-ring (bicyclic) bond motifs is 2. The van der Waals surface area contributed by atoms with E-state index in [0.717, 1.165) is 186 Å². The van der Waals surface area contributed by atoms with Crippen molar-refractivity contribution in [2.45, 2.75) is 196 Å². The van der Waals surface area contributed by atoms with Crippen LogP contribution in [0, 0.1) is 0 Å². The Morgan fingerprint density at radius 1 is 0.274 bits per heavy atom. The number of hydrogen-bond acceptors (Lipinski definition) is 10. The number of ether oxygens (including phenoxy) is 6. The molecule has 2 heterocycles. The highest BCUT2D eigenvalue weighted by Gasteiger charge is 2.39. The normalized spacial score (nSPS) is 13.2. The monoisotopic (exact) mass is 1140 g/mol. The lowest BCUT2D eigenvalue weighted by atomic mass is 9.82. The number of unbranched alkanes of at least 4 members (excludes halogenated alkanes) is 18. The van der Waals surface area contributed by atoms with E-state index in [1.807, 2.05) is 24.3 Å². The topological polar surface area (TPSA) is 130 Å². The van der Waals surface area contributed by atoms with E-state index in [2.05, 4.69) is 41.5 Å². The molecule has 0 aliphatic carbocycles. The molecular formula is C72H90N2O10. The van der Waals surface area contributed by atoms with Gasteiger partial charge < -0.3 is 28.4 Å². The quantitative estimate of drug-likeness (QED) is 0.0160. The maximum absolute atomic E-state index is 15.2. The molecule has 0 saturated carbocycles. The van der Waals surface area contributed by atoms with Gasteiger partial charge in [0.2, 0.25) is 11.5 Å². The highest BCUT2D eigenvalue weighted by molar-refractivity contribution is 6.45. The molecule has 4 amide bonds. The van der Waals surface area contributed by atoms with Crippen molar-refractivity contribution < 1.29 is 47.6 Å². The fourth-order valence-electron chi connectivity index (χ4n) is 12.1. The molecule has 0 spiro atoms. The van der Waals surface area contributed by atoms with Gasteiger partial charge in [0, 0.05) is 57.3 Å². The van der Waals surface area contributed by atoms with E-state index in [1.165, 1.54) is 9.80 Å². The first kappa shape index (κ1) is 61.5. The Kier molecular flexibility index (Phi) is 22.1. The van der Waals surface area contributed by atoms with Crippen LogP contribution >= 0.6 is 0 Å². The zero-order chi connectivity index (χ0) is 59.0. The van der Waals surface area contributed by atoms with E-state index in [-0.39, 0.29) is 0 Å². The number of carbonyl (C=O) groups excluding carboxylic acids is 4. The first-order chi connectivity index (χ1) is 41.2. The van der Waals surface area contributed by atoms with Gasteiger partial charge in [0.15, 0.2) is 23.0 Å². The molecule has 0 saturated heterocycles. The van der Waals surface area contributed by atoms with Crippen LogP contribution in [0.4, 0.5) is 11.4 Å². The van der Waals surface area contributed by atoms with Crippen molar-refractivity contribution in [1.29, 1.82) is 0 Å². The maximum Gasteiger partial charge on any atom is 0.265 e. The van der Waals surface area contributed by atoms with Crippen LogP contribution in [0.1, 0.15) is 237 Å². The minimum atomic E-state index is -0.457. The molecule has 2 aliphatic heterocycles. The van der Waals surface area contributed by atoms with Gasteiger partial charge in [-0.1, -0.05) is 181 Å². The predicted octanol–water partition coefficient (Wildman–Crippen LogP) is 19.1. The van der Waals surface area contributed by atoms with Gasteiger partial charge in [-0.15, -0.1) is 0 Å². The molecule has 7 aromatic carbocycles. The predicted molar refractivity (Wildman–Crippen MR) is 341 cm³/mol. The van der Waals surface area contributed by atoms with Gasteiger partial charge >= 0.3 is 0 Å². The molecule has 0 radical (unpaired) electrons. The lowest BCUT2D eigenvalue weighted by Crippen LogP contribution is -2.40. The summed E-state index contributed by atoms with van der Waals surface area (Å²) in [5.41, 5.74) is 2.26. The van der Waals surface area contributed by atoms with Crippen LogP contribution in [0.5, 0.6) is 34.5 Å². The van der Waals surface area contributed by atoms with E-state index in [4.69, 9.17) is 28.4 Å². The van der Waals surface area contributed by atoms with Crippen LogP contribution in [0.2, 0.25) is 0 Å². The Hall–Kier alpha value is -7.08. The molecule has 0 unspecified atom stereocenters. The molecular weight excluding hydrogens is 1050 g/mol. The summed E-state index contributed by atoms with van der Waals surface area (Å²) in [5.74, 6) is 0.970. The lowest BCUT2D eigenvalue weighted by molar-refractivity contribution is 0.0877. The highest BCUT2D eigenvalue weighted by atomic mass is 16.5. The number of carbonyl (C=O) groups is 4. The van der Waals surface area contributed by atoms with Crippen LogP contribution < -0.4 is 38.2 Å². The Morgan fingerprint density at radius 2 is 0.500 bits per heavy atom. The Labute approximate surface area is 498 Å². The van der Waals surface area contributed by atoms with Crippen LogP contribution in [-0.4, -0.2) is 63.3 Å². The molecule has 84 heavy (non-hydrogen) atoms. The smallest absolute Gasteiger partial charge is 0.265 e. The van der Waals surface area contributed by atoms with Gasteiger partial charge in [0.1, 0.15) is 0 Å². The molecule has 0 bridgehead atoms. The van der Waals surface area contributed by atoms with Gasteiger partial charge in [-0.2, -0.15) is 0 Å². The second-order valence-corrected chi connectivity index (χ2v) is 23.0. The molecule has 2 aliphatic rings. The molecule has 7 aromatic rings. The SMILES string of the molecule is CCCCCCOc1cc(N2C(=O)c3ccc4c5ccc6c7c(ccc(c8ccc(c3c48)C2=O)c75)C(=O)N(c2cc(OCCCCCC)c(OCCCCCC)c(OCCCCCC)c2)C6=O)cc(OCCCCCC)c1OCCCCCC.